The van der Waals surface area contributed by atoms with Gasteiger partial charge in [-0.15, -0.1) is 0 Å². The zero-order valence-corrected chi connectivity index (χ0v) is 19.1. The molecule has 0 spiro atoms. The summed E-state index contributed by atoms with van der Waals surface area (Å²) >= 11 is 5.92. The summed E-state index contributed by atoms with van der Waals surface area (Å²) in [7, 11) is 0. The van der Waals surface area contributed by atoms with Crippen molar-refractivity contribution in [2.75, 3.05) is 16.3 Å². The average Bonchev–Trinajstić information content (AvgIpc) is 3.58. The summed E-state index contributed by atoms with van der Waals surface area (Å²) in [5.74, 6) is -1.11. The molecule has 8 heteroatoms. The molecule has 0 N–H and O–H groups in total. The quantitative estimate of drug-likeness (QED) is 0.379. The van der Waals surface area contributed by atoms with E-state index in [4.69, 9.17) is 16.3 Å². The van der Waals surface area contributed by atoms with Crippen molar-refractivity contribution in [2.45, 2.75) is 25.7 Å². The molecule has 2 bridgehead atoms. The minimum atomic E-state index is -0.614. The molecule has 2 aromatic rings. The summed E-state index contributed by atoms with van der Waals surface area (Å²) < 4.78 is 5.58. The van der Waals surface area contributed by atoms with Crippen molar-refractivity contribution in [3.8, 4) is 5.75 Å². The largest absolute Gasteiger partial charge is 0.426 e. The number of nitrogens with zero attached hydrogens (tertiary/aromatic N) is 2. The monoisotopic (exact) mass is 478 g/mol. The van der Waals surface area contributed by atoms with E-state index in [9.17, 15) is 19.2 Å². The van der Waals surface area contributed by atoms with Crippen LogP contribution >= 0.6 is 11.6 Å². The van der Waals surface area contributed by atoms with Crippen LogP contribution in [-0.2, 0) is 19.2 Å². The van der Waals surface area contributed by atoms with Crippen LogP contribution in [0.25, 0.3) is 0 Å². The zero-order chi connectivity index (χ0) is 23.6. The van der Waals surface area contributed by atoms with Gasteiger partial charge in [0, 0.05) is 29.7 Å². The fourth-order valence-electron chi connectivity index (χ4n) is 6.28. The third-order valence-corrected chi connectivity index (χ3v) is 8.07. The fraction of sp³-hybridized carbons (Fsp3) is 0.385. The number of ether oxygens (including phenoxy) is 1. The van der Waals surface area contributed by atoms with Gasteiger partial charge in [-0.25, -0.2) is 4.90 Å². The summed E-state index contributed by atoms with van der Waals surface area (Å²) in [5.41, 5.74) is 1.11. The van der Waals surface area contributed by atoms with Gasteiger partial charge in [-0.3, -0.25) is 19.2 Å². The van der Waals surface area contributed by atoms with E-state index < -0.39 is 11.9 Å². The number of imide groups is 1. The van der Waals surface area contributed by atoms with Crippen molar-refractivity contribution in [3.05, 3.63) is 53.6 Å². The lowest BCUT2D eigenvalue weighted by Gasteiger charge is -2.19. The number of rotatable bonds is 4. The summed E-state index contributed by atoms with van der Waals surface area (Å²) in [6.45, 7) is 0.216. The van der Waals surface area contributed by atoms with E-state index in [0.29, 0.717) is 28.2 Å². The summed E-state index contributed by atoms with van der Waals surface area (Å²) in [6, 6.07) is 13.4. The number of benzene rings is 2. The Kier molecular flexibility index (Phi) is 4.99. The van der Waals surface area contributed by atoms with Gasteiger partial charge in [0.15, 0.2) is 0 Å². The first kappa shape index (κ1) is 21.4. The van der Waals surface area contributed by atoms with E-state index in [1.54, 1.807) is 53.4 Å². The van der Waals surface area contributed by atoms with E-state index in [-0.39, 0.29) is 48.3 Å². The number of halogens is 1. The van der Waals surface area contributed by atoms with E-state index in [0.717, 1.165) is 19.3 Å². The lowest BCUT2D eigenvalue weighted by molar-refractivity contribution is -0.139. The van der Waals surface area contributed by atoms with E-state index >= 15 is 0 Å². The Bertz CT molecular complexity index is 1180. The van der Waals surface area contributed by atoms with Crippen LogP contribution in [0.2, 0.25) is 5.02 Å². The summed E-state index contributed by atoms with van der Waals surface area (Å²) in [6.07, 6.45) is 3.06. The molecule has 2 aliphatic heterocycles. The number of fused-ring (bicyclic) bond motifs is 5. The minimum absolute atomic E-state index is 0.0520. The Balaban J connectivity index is 1.16. The maximum absolute atomic E-state index is 13.1. The number of esters is 1. The number of carbonyl (C=O) groups is 4. The molecule has 0 radical (unpaired) electrons. The molecule has 2 saturated heterocycles. The van der Waals surface area contributed by atoms with Crippen LogP contribution in [0.1, 0.15) is 25.7 Å². The SMILES string of the molecule is O=C(Oc1cccc(N2C(=O)[C@@H]3[C@H]4CC[C@@H](C4)[C@H]3C2=O)c1)[C@H]1CC(=O)N(c2ccc(Cl)cc2)C1. The third kappa shape index (κ3) is 3.33. The van der Waals surface area contributed by atoms with Gasteiger partial charge in [-0.2, -0.15) is 0 Å². The van der Waals surface area contributed by atoms with Crippen LogP contribution in [0, 0.1) is 29.6 Å². The second-order valence-electron chi connectivity index (χ2n) is 9.70. The Morgan fingerprint density at radius 3 is 2.26 bits per heavy atom. The van der Waals surface area contributed by atoms with E-state index in [2.05, 4.69) is 0 Å². The van der Waals surface area contributed by atoms with Crippen LogP contribution in [0.3, 0.4) is 0 Å². The first-order chi connectivity index (χ1) is 16.4. The van der Waals surface area contributed by atoms with Gasteiger partial charge in [-0.1, -0.05) is 17.7 Å². The second-order valence-corrected chi connectivity index (χ2v) is 10.1. The van der Waals surface area contributed by atoms with Crippen LogP contribution in [-0.4, -0.2) is 30.2 Å². The fourth-order valence-corrected chi connectivity index (χ4v) is 6.41. The maximum Gasteiger partial charge on any atom is 0.316 e. The number of amides is 3. The molecule has 2 heterocycles. The average molecular weight is 479 g/mol. The highest BCUT2D eigenvalue weighted by Gasteiger charge is 2.61. The second kappa shape index (κ2) is 7.94. The molecule has 34 heavy (non-hydrogen) atoms. The standard InChI is InChI=1S/C26H23ClN2O5/c27-17-6-8-18(9-7-17)28-13-16(11-21(28)30)26(33)34-20-3-1-2-19(12-20)29-24(31)22-14-4-5-15(10-14)23(22)25(29)32/h1-3,6-9,12,14-16,22-23H,4-5,10-11,13H2/t14-,15-,16-,22+,23+/m0/s1. The van der Waals surface area contributed by atoms with Gasteiger partial charge in [0.1, 0.15) is 5.75 Å². The lowest BCUT2D eigenvalue weighted by Crippen LogP contribution is -2.32. The number of carbonyl (C=O) groups excluding carboxylic acids is 4. The Labute approximate surface area is 201 Å². The first-order valence-electron chi connectivity index (χ1n) is 11.7. The molecule has 2 saturated carbocycles. The number of anilines is 2. The number of hydrogen-bond donors (Lipinski definition) is 0. The highest BCUT2D eigenvalue weighted by Crippen LogP contribution is 2.56. The molecular weight excluding hydrogens is 456 g/mol. The molecular formula is C26H23ClN2O5. The summed E-state index contributed by atoms with van der Waals surface area (Å²) in [4.78, 5) is 54.4. The normalized spacial score (nSPS) is 29.8. The van der Waals surface area contributed by atoms with Gasteiger partial charge < -0.3 is 9.64 Å². The van der Waals surface area contributed by atoms with Gasteiger partial charge >= 0.3 is 5.97 Å². The molecule has 2 aromatic carbocycles. The van der Waals surface area contributed by atoms with Crippen LogP contribution in [0.5, 0.6) is 5.75 Å². The third-order valence-electron chi connectivity index (χ3n) is 7.82. The molecule has 3 amide bonds. The van der Waals surface area contributed by atoms with E-state index in [1.807, 2.05) is 0 Å². The highest BCUT2D eigenvalue weighted by molar-refractivity contribution is 6.30. The maximum atomic E-state index is 13.1. The van der Waals surface area contributed by atoms with Gasteiger partial charge in [0.05, 0.1) is 23.4 Å². The Morgan fingerprint density at radius 2 is 1.59 bits per heavy atom. The van der Waals surface area contributed by atoms with Crippen molar-refractivity contribution < 1.29 is 23.9 Å². The van der Waals surface area contributed by atoms with Crippen LogP contribution in [0.4, 0.5) is 11.4 Å². The molecule has 6 rings (SSSR count). The van der Waals surface area contributed by atoms with Crippen molar-refractivity contribution >= 4 is 46.7 Å². The Hall–Kier alpha value is -3.19. The molecule has 0 unspecified atom stereocenters. The molecule has 4 aliphatic rings. The summed E-state index contributed by atoms with van der Waals surface area (Å²) in [5, 5.41) is 0.567. The Morgan fingerprint density at radius 1 is 0.912 bits per heavy atom. The topological polar surface area (TPSA) is 84.0 Å². The molecule has 7 nitrogen and oxygen atoms in total. The predicted octanol–water partition coefficient (Wildman–Crippen LogP) is 3.83. The van der Waals surface area contributed by atoms with Crippen molar-refractivity contribution in [3.63, 3.8) is 0 Å². The first-order valence-corrected chi connectivity index (χ1v) is 12.0. The molecule has 2 aliphatic carbocycles. The highest BCUT2D eigenvalue weighted by atomic mass is 35.5. The van der Waals surface area contributed by atoms with Gasteiger partial charge in [0.25, 0.3) is 0 Å². The predicted molar refractivity (Wildman–Crippen MR) is 124 cm³/mol. The van der Waals surface area contributed by atoms with Crippen LogP contribution in [0.15, 0.2) is 48.5 Å². The van der Waals surface area contributed by atoms with Crippen LogP contribution < -0.4 is 14.5 Å². The smallest absolute Gasteiger partial charge is 0.316 e. The van der Waals surface area contributed by atoms with Gasteiger partial charge in [-0.05, 0) is 67.5 Å². The minimum Gasteiger partial charge on any atom is -0.426 e. The molecule has 5 atom stereocenters. The molecule has 0 aromatic heterocycles. The van der Waals surface area contributed by atoms with E-state index in [1.165, 1.54) is 4.90 Å². The van der Waals surface area contributed by atoms with Gasteiger partial charge in [0.2, 0.25) is 17.7 Å². The molecule has 174 valence electrons. The van der Waals surface area contributed by atoms with Crippen molar-refractivity contribution in [2.24, 2.45) is 29.6 Å². The lowest BCUT2D eigenvalue weighted by atomic mass is 9.81. The van der Waals surface area contributed by atoms with Crippen molar-refractivity contribution in [1.82, 2.24) is 0 Å². The van der Waals surface area contributed by atoms with Crippen molar-refractivity contribution in [1.29, 1.82) is 0 Å². The molecule has 4 fully saturated rings. The zero-order valence-electron chi connectivity index (χ0n) is 18.4. The number of hydrogen-bond acceptors (Lipinski definition) is 5.